The number of anilines is 1. The van der Waals surface area contributed by atoms with Gasteiger partial charge in [-0.05, 0) is 38.0 Å². The quantitative estimate of drug-likeness (QED) is 0.550. The first-order chi connectivity index (χ1) is 14.3. The monoisotopic (exact) mass is 430 g/mol. The minimum absolute atomic E-state index is 0.265. The second-order valence-corrected chi connectivity index (χ2v) is 7.62. The number of aryl methyl sites for hydroxylation is 2. The first kappa shape index (κ1) is 21.6. The minimum Gasteiger partial charge on any atom is -0.448 e. The zero-order valence-corrected chi connectivity index (χ0v) is 17.5. The summed E-state index contributed by atoms with van der Waals surface area (Å²) in [6.45, 7) is 5.07. The molecule has 0 aliphatic carbocycles. The molecule has 0 spiro atoms. The highest BCUT2D eigenvalue weighted by Gasteiger charge is 2.24. The van der Waals surface area contributed by atoms with E-state index in [9.17, 15) is 18.4 Å². The van der Waals surface area contributed by atoms with E-state index in [4.69, 9.17) is 4.74 Å². The van der Waals surface area contributed by atoms with Crippen LogP contribution in [0.15, 0.2) is 42.5 Å². The van der Waals surface area contributed by atoms with Gasteiger partial charge in [0.25, 0.3) is 5.91 Å². The average molecular weight is 430 g/mol. The number of esters is 1. The molecule has 1 unspecified atom stereocenters. The van der Waals surface area contributed by atoms with Gasteiger partial charge in [0.05, 0.1) is 5.69 Å². The number of hydrogen-bond acceptors (Lipinski definition) is 5. The molecule has 5 nitrogen and oxygen atoms in total. The summed E-state index contributed by atoms with van der Waals surface area (Å²) in [5.41, 5.74) is 1.96. The fraction of sp³-hybridized carbons (Fsp3) is 0.227. The van der Waals surface area contributed by atoms with Gasteiger partial charge in [0.1, 0.15) is 27.2 Å². The molecule has 1 amide bonds. The Bertz CT molecular complexity index is 1060. The van der Waals surface area contributed by atoms with E-state index < -0.39 is 35.3 Å². The lowest BCUT2D eigenvalue weighted by Crippen LogP contribution is -2.30. The predicted octanol–water partition coefficient (Wildman–Crippen LogP) is 5.14. The second kappa shape index (κ2) is 9.13. The van der Waals surface area contributed by atoms with Gasteiger partial charge in [-0.3, -0.25) is 4.79 Å². The van der Waals surface area contributed by atoms with Crippen molar-refractivity contribution in [1.29, 1.82) is 0 Å². The van der Waals surface area contributed by atoms with E-state index >= 15 is 0 Å². The maximum Gasteiger partial charge on any atom is 0.351 e. The lowest BCUT2D eigenvalue weighted by atomic mass is 10.1. The second-order valence-electron chi connectivity index (χ2n) is 6.62. The summed E-state index contributed by atoms with van der Waals surface area (Å²) in [6, 6.07) is 11.1. The van der Waals surface area contributed by atoms with Crippen molar-refractivity contribution >= 4 is 28.9 Å². The molecule has 8 heteroatoms. The minimum atomic E-state index is -1.26. The number of ether oxygens (including phenoxy) is 1. The molecule has 0 bridgehead atoms. The molecule has 1 N–H and O–H groups in total. The molecule has 3 rings (SSSR count). The summed E-state index contributed by atoms with van der Waals surface area (Å²) in [7, 11) is 0. The third-order valence-corrected chi connectivity index (χ3v) is 5.64. The Morgan fingerprint density at radius 3 is 2.37 bits per heavy atom. The molecule has 0 radical (unpaired) electrons. The van der Waals surface area contributed by atoms with Gasteiger partial charge in [0.2, 0.25) is 0 Å². The van der Waals surface area contributed by atoms with Gasteiger partial charge in [0, 0.05) is 5.56 Å². The fourth-order valence-corrected chi connectivity index (χ4v) is 3.66. The third-order valence-electron chi connectivity index (χ3n) is 4.46. The molecule has 0 fully saturated rings. The van der Waals surface area contributed by atoms with E-state index in [1.807, 2.05) is 24.3 Å². The smallest absolute Gasteiger partial charge is 0.351 e. The average Bonchev–Trinajstić information content (AvgIpc) is 3.12. The number of para-hydroxylation sites is 1. The third kappa shape index (κ3) is 4.71. The predicted molar refractivity (Wildman–Crippen MR) is 112 cm³/mol. The summed E-state index contributed by atoms with van der Waals surface area (Å²) in [5.74, 6) is -3.40. The van der Waals surface area contributed by atoms with Gasteiger partial charge in [-0.2, -0.15) is 0 Å². The number of nitrogens with one attached hydrogen (secondary N) is 1. The Balaban J connectivity index is 1.70. The van der Waals surface area contributed by atoms with Crippen LogP contribution in [0.2, 0.25) is 0 Å². The molecule has 0 aliphatic heterocycles. The number of benzene rings is 2. The lowest BCUT2D eigenvalue weighted by molar-refractivity contribution is -0.123. The van der Waals surface area contributed by atoms with Gasteiger partial charge in [-0.1, -0.05) is 37.3 Å². The number of carbonyl (C=O) groups is 2. The van der Waals surface area contributed by atoms with E-state index in [1.165, 1.54) is 18.6 Å². The Morgan fingerprint density at radius 2 is 1.77 bits per heavy atom. The maximum atomic E-state index is 13.7. The molecule has 2 aromatic carbocycles. The SMILES string of the molecule is CCc1ccc(-c2nc(C)c(C(=O)OC(C)C(=O)Nc3c(F)cccc3F)s2)cc1. The Kier molecular flexibility index (Phi) is 6.56. The van der Waals surface area contributed by atoms with Crippen LogP contribution in [-0.2, 0) is 16.0 Å². The van der Waals surface area contributed by atoms with Crippen molar-refractivity contribution in [1.82, 2.24) is 4.98 Å². The van der Waals surface area contributed by atoms with Gasteiger partial charge in [-0.15, -0.1) is 11.3 Å². The number of nitrogens with zero attached hydrogens (tertiary/aromatic N) is 1. The van der Waals surface area contributed by atoms with E-state index in [1.54, 1.807) is 6.92 Å². The molecule has 0 saturated carbocycles. The van der Waals surface area contributed by atoms with E-state index in [-0.39, 0.29) is 4.88 Å². The fourth-order valence-electron chi connectivity index (χ4n) is 2.70. The van der Waals surface area contributed by atoms with Crippen molar-refractivity contribution < 1.29 is 23.1 Å². The number of amides is 1. The highest BCUT2D eigenvalue weighted by molar-refractivity contribution is 7.17. The van der Waals surface area contributed by atoms with Crippen LogP contribution in [0.3, 0.4) is 0 Å². The van der Waals surface area contributed by atoms with Crippen LogP contribution in [-0.4, -0.2) is 23.0 Å². The Labute approximate surface area is 176 Å². The van der Waals surface area contributed by atoms with Gasteiger partial charge in [0.15, 0.2) is 6.10 Å². The van der Waals surface area contributed by atoms with Crippen molar-refractivity contribution in [3.05, 3.63) is 70.2 Å². The summed E-state index contributed by atoms with van der Waals surface area (Å²) in [4.78, 5) is 29.4. The molecule has 3 aromatic rings. The van der Waals surface area contributed by atoms with Crippen molar-refractivity contribution in [2.24, 2.45) is 0 Å². The highest BCUT2D eigenvalue weighted by atomic mass is 32.1. The van der Waals surface area contributed by atoms with Crippen LogP contribution >= 0.6 is 11.3 Å². The van der Waals surface area contributed by atoms with Crippen molar-refractivity contribution in [3.8, 4) is 10.6 Å². The normalized spacial score (nSPS) is 11.8. The van der Waals surface area contributed by atoms with E-state index in [0.29, 0.717) is 10.7 Å². The van der Waals surface area contributed by atoms with Gasteiger partial charge in [-0.25, -0.2) is 18.6 Å². The molecule has 0 aliphatic rings. The largest absolute Gasteiger partial charge is 0.448 e. The lowest BCUT2D eigenvalue weighted by Gasteiger charge is -2.14. The standard InChI is InChI=1S/C22H20F2N2O3S/c1-4-14-8-10-15(11-9-14)21-25-12(2)19(30-21)22(28)29-13(3)20(27)26-18-16(23)6-5-7-17(18)24/h5-11,13H,4H2,1-3H3,(H,26,27). The highest BCUT2D eigenvalue weighted by Crippen LogP contribution is 2.29. The molecule has 0 saturated heterocycles. The maximum absolute atomic E-state index is 13.7. The molecule has 1 heterocycles. The molecular weight excluding hydrogens is 410 g/mol. The van der Waals surface area contributed by atoms with Crippen molar-refractivity contribution in [2.45, 2.75) is 33.3 Å². The number of thiazole rings is 1. The van der Waals surface area contributed by atoms with Crippen LogP contribution in [0, 0.1) is 18.6 Å². The molecular formula is C22H20F2N2O3S. The molecule has 156 valence electrons. The number of rotatable bonds is 6. The summed E-state index contributed by atoms with van der Waals surface area (Å²) < 4.78 is 32.6. The van der Waals surface area contributed by atoms with Crippen LogP contribution < -0.4 is 5.32 Å². The number of carbonyl (C=O) groups excluding carboxylic acids is 2. The molecule has 1 aromatic heterocycles. The zero-order chi connectivity index (χ0) is 21.8. The summed E-state index contributed by atoms with van der Waals surface area (Å²) in [5, 5.41) is 2.77. The van der Waals surface area contributed by atoms with Crippen LogP contribution in [0.25, 0.3) is 10.6 Å². The molecule has 30 heavy (non-hydrogen) atoms. The number of halogens is 2. The first-order valence-corrected chi connectivity index (χ1v) is 10.1. The van der Waals surface area contributed by atoms with Crippen LogP contribution in [0.5, 0.6) is 0 Å². The summed E-state index contributed by atoms with van der Waals surface area (Å²) >= 11 is 1.16. The van der Waals surface area contributed by atoms with Crippen molar-refractivity contribution in [2.75, 3.05) is 5.32 Å². The Hall–Kier alpha value is -3.13. The van der Waals surface area contributed by atoms with E-state index in [2.05, 4.69) is 17.2 Å². The van der Waals surface area contributed by atoms with Crippen molar-refractivity contribution in [3.63, 3.8) is 0 Å². The summed E-state index contributed by atoms with van der Waals surface area (Å²) in [6.07, 6.45) is -0.337. The molecule has 1 atom stereocenters. The topological polar surface area (TPSA) is 68.3 Å². The first-order valence-electron chi connectivity index (χ1n) is 9.32. The number of hydrogen-bond donors (Lipinski definition) is 1. The zero-order valence-electron chi connectivity index (χ0n) is 16.7. The van der Waals surface area contributed by atoms with Crippen LogP contribution in [0.1, 0.15) is 34.8 Å². The van der Waals surface area contributed by atoms with Gasteiger partial charge < -0.3 is 10.1 Å². The number of aromatic nitrogens is 1. The Morgan fingerprint density at radius 1 is 1.13 bits per heavy atom. The van der Waals surface area contributed by atoms with Gasteiger partial charge >= 0.3 is 5.97 Å². The van der Waals surface area contributed by atoms with E-state index in [0.717, 1.165) is 35.5 Å². The van der Waals surface area contributed by atoms with Crippen LogP contribution in [0.4, 0.5) is 14.5 Å².